The lowest BCUT2D eigenvalue weighted by Crippen LogP contribution is -2.47. The van der Waals surface area contributed by atoms with Crippen molar-refractivity contribution in [2.45, 2.75) is 25.8 Å². The molecule has 0 radical (unpaired) electrons. The van der Waals surface area contributed by atoms with Crippen LogP contribution < -0.4 is 11.0 Å². The van der Waals surface area contributed by atoms with Gasteiger partial charge in [-0.15, -0.1) is 0 Å². The molecule has 8 nitrogen and oxygen atoms in total. The number of esters is 1. The van der Waals surface area contributed by atoms with Crippen LogP contribution in [0.15, 0.2) is 23.0 Å². The maximum Gasteiger partial charge on any atom is 0.323 e. The zero-order valence-electron chi connectivity index (χ0n) is 14.3. The summed E-state index contributed by atoms with van der Waals surface area (Å²) in [5.41, 5.74) is 1.69. The highest BCUT2D eigenvalue weighted by molar-refractivity contribution is 5.96. The molecule has 3 rings (SSSR count). The average Bonchev–Trinajstić information content (AvgIpc) is 2.99. The van der Waals surface area contributed by atoms with Crippen molar-refractivity contribution in [3.8, 4) is 0 Å². The van der Waals surface area contributed by atoms with E-state index in [0.29, 0.717) is 42.7 Å². The summed E-state index contributed by atoms with van der Waals surface area (Å²) in [4.78, 5) is 42.8. The van der Waals surface area contributed by atoms with Gasteiger partial charge in [0.1, 0.15) is 0 Å². The molecule has 1 atom stereocenters. The van der Waals surface area contributed by atoms with Crippen molar-refractivity contribution in [3.63, 3.8) is 0 Å². The molecule has 1 fully saturated rings. The fraction of sp³-hybridized carbons (Fsp3) is 0.471. The van der Waals surface area contributed by atoms with Crippen LogP contribution in [0.4, 0.5) is 5.69 Å². The van der Waals surface area contributed by atoms with Crippen molar-refractivity contribution in [2.75, 3.05) is 25.5 Å². The van der Waals surface area contributed by atoms with Crippen LogP contribution in [0, 0.1) is 5.92 Å². The molecule has 0 bridgehead atoms. The molecule has 25 heavy (non-hydrogen) atoms. The van der Waals surface area contributed by atoms with Crippen molar-refractivity contribution >= 4 is 28.6 Å². The summed E-state index contributed by atoms with van der Waals surface area (Å²) in [5, 5.41) is 2.88. The lowest BCUT2D eigenvalue weighted by Gasteiger charge is -2.34. The summed E-state index contributed by atoms with van der Waals surface area (Å²) in [6.07, 6.45) is 1.39. The van der Waals surface area contributed by atoms with Gasteiger partial charge in [-0.3, -0.25) is 14.5 Å². The van der Waals surface area contributed by atoms with E-state index in [4.69, 9.17) is 4.74 Å². The van der Waals surface area contributed by atoms with Gasteiger partial charge >= 0.3 is 11.7 Å². The predicted octanol–water partition coefficient (Wildman–Crippen LogP) is 1.07. The largest absolute Gasteiger partial charge is 0.469 e. The Bertz CT molecular complexity index is 833. The number of methoxy groups -OCH3 is 1. The van der Waals surface area contributed by atoms with Gasteiger partial charge in [-0.25, -0.2) is 4.79 Å². The van der Waals surface area contributed by atoms with Gasteiger partial charge in [0.15, 0.2) is 0 Å². The van der Waals surface area contributed by atoms with E-state index in [2.05, 4.69) is 20.2 Å². The molecular weight excluding hydrogens is 324 g/mol. The van der Waals surface area contributed by atoms with Gasteiger partial charge in [-0.2, -0.15) is 0 Å². The number of H-pyrrole nitrogens is 2. The third kappa shape index (κ3) is 3.74. The summed E-state index contributed by atoms with van der Waals surface area (Å²) in [5.74, 6) is -0.372. The molecule has 1 aromatic carbocycles. The van der Waals surface area contributed by atoms with Crippen LogP contribution in [-0.4, -0.2) is 53.0 Å². The number of ether oxygens (including phenoxy) is 1. The number of imidazole rings is 1. The van der Waals surface area contributed by atoms with Crippen LogP contribution in [0.5, 0.6) is 0 Å². The van der Waals surface area contributed by atoms with E-state index < -0.39 is 0 Å². The monoisotopic (exact) mass is 346 g/mol. The van der Waals surface area contributed by atoms with Gasteiger partial charge in [0.05, 0.1) is 30.1 Å². The number of nitrogens with zero attached hydrogens (tertiary/aromatic N) is 1. The lowest BCUT2D eigenvalue weighted by molar-refractivity contribution is -0.147. The average molecular weight is 346 g/mol. The second-order valence-electron chi connectivity index (χ2n) is 6.34. The molecule has 1 amide bonds. The molecule has 2 aromatic rings. The van der Waals surface area contributed by atoms with Crippen LogP contribution in [0.1, 0.15) is 19.8 Å². The van der Waals surface area contributed by atoms with Gasteiger partial charge in [-0.05, 0) is 51.1 Å². The predicted molar refractivity (Wildman–Crippen MR) is 93.3 cm³/mol. The Morgan fingerprint density at radius 3 is 2.60 bits per heavy atom. The first-order chi connectivity index (χ1) is 12.0. The minimum atomic E-state index is -0.306. The van der Waals surface area contributed by atoms with E-state index in [9.17, 15) is 14.4 Å². The molecule has 1 saturated heterocycles. The smallest absolute Gasteiger partial charge is 0.323 e. The highest BCUT2D eigenvalue weighted by atomic mass is 16.5. The van der Waals surface area contributed by atoms with Crippen LogP contribution in [-0.2, 0) is 14.3 Å². The van der Waals surface area contributed by atoms with E-state index >= 15 is 0 Å². The highest BCUT2D eigenvalue weighted by Crippen LogP contribution is 2.21. The SMILES string of the molecule is COC(=O)C1CCN([C@H](C)C(=O)Nc2ccc3[nH]c(=O)[nH]c3c2)CC1. The number of piperidine rings is 1. The quantitative estimate of drug-likeness (QED) is 0.718. The normalized spacial score (nSPS) is 17.4. The Labute approximate surface area is 144 Å². The summed E-state index contributed by atoms with van der Waals surface area (Å²) >= 11 is 0. The van der Waals surface area contributed by atoms with Crippen molar-refractivity contribution in [1.29, 1.82) is 0 Å². The molecule has 8 heteroatoms. The minimum Gasteiger partial charge on any atom is -0.469 e. The van der Waals surface area contributed by atoms with E-state index in [1.54, 1.807) is 18.2 Å². The number of likely N-dealkylation sites (tertiary alicyclic amines) is 1. The molecule has 3 N–H and O–H groups in total. The van der Waals surface area contributed by atoms with Crippen LogP contribution in [0.3, 0.4) is 0 Å². The molecule has 1 aromatic heterocycles. The maximum absolute atomic E-state index is 12.5. The van der Waals surface area contributed by atoms with Crippen LogP contribution in [0.25, 0.3) is 11.0 Å². The Hall–Kier alpha value is -2.61. The number of carbonyl (C=O) groups excluding carboxylic acids is 2. The number of benzene rings is 1. The molecule has 134 valence electrons. The van der Waals surface area contributed by atoms with E-state index in [0.717, 1.165) is 0 Å². The van der Waals surface area contributed by atoms with Crippen LogP contribution >= 0.6 is 0 Å². The molecule has 0 aliphatic carbocycles. The molecule has 0 saturated carbocycles. The van der Waals surface area contributed by atoms with Crippen molar-refractivity contribution in [3.05, 3.63) is 28.7 Å². The van der Waals surface area contributed by atoms with E-state index in [1.165, 1.54) is 7.11 Å². The Balaban J connectivity index is 1.60. The second-order valence-corrected chi connectivity index (χ2v) is 6.34. The van der Waals surface area contributed by atoms with Crippen molar-refractivity contribution < 1.29 is 14.3 Å². The van der Waals surface area contributed by atoms with Gasteiger partial charge in [0, 0.05) is 5.69 Å². The number of anilines is 1. The first kappa shape index (κ1) is 17.2. The fourth-order valence-electron chi connectivity index (χ4n) is 3.21. The fourth-order valence-corrected chi connectivity index (χ4v) is 3.21. The summed E-state index contributed by atoms with van der Waals surface area (Å²) in [6, 6.07) is 4.91. The zero-order chi connectivity index (χ0) is 18.0. The third-order valence-corrected chi connectivity index (χ3v) is 4.77. The molecule has 1 aliphatic heterocycles. The van der Waals surface area contributed by atoms with Crippen molar-refractivity contribution in [2.24, 2.45) is 5.92 Å². The minimum absolute atomic E-state index is 0.0793. The zero-order valence-corrected chi connectivity index (χ0v) is 14.3. The Kier molecular flexibility index (Phi) is 4.89. The molecule has 0 spiro atoms. The second kappa shape index (κ2) is 7.10. The van der Waals surface area contributed by atoms with Gasteiger partial charge < -0.3 is 20.0 Å². The highest BCUT2D eigenvalue weighted by Gasteiger charge is 2.30. The summed E-state index contributed by atoms with van der Waals surface area (Å²) in [7, 11) is 1.40. The van der Waals surface area contributed by atoms with Gasteiger partial charge in [-0.1, -0.05) is 0 Å². The number of fused-ring (bicyclic) bond motifs is 1. The number of hydrogen-bond acceptors (Lipinski definition) is 5. The van der Waals surface area contributed by atoms with Gasteiger partial charge in [0.2, 0.25) is 5.91 Å². The number of aromatic nitrogens is 2. The molecule has 0 unspecified atom stereocenters. The van der Waals surface area contributed by atoms with Crippen molar-refractivity contribution in [1.82, 2.24) is 14.9 Å². The summed E-state index contributed by atoms with van der Waals surface area (Å²) in [6.45, 7) is 3.21. The number of carbonyl (C=O) groups is 2. The number of amides is 1. The van der Waals surface area contributed by atoms with E-state index in [-0.39, 0.29) is 29.5 Å². The first-order valence-corrected chi connectivity index (χ1v) is 8.32. The Morgan fingerprint density at radius 1 is 1.24 bits per heavy atom. The van der Waals surface area contributed by atoms with Gasteiger partial charge in [0.25, 0.3) is 0 Å². The summed E-state index contributed by atoms with van der Waals surface area (Å²) < 4.78 is 4.78. The lowest BCUT2D eigenvalue weighted by atomic mass is 9.96. The standard InChI is InChI=1S/C17H22N4O4/c1-10(21-7-5-11(6-8-21)16(23)25-2)15(22)18-12-3-4-13-14(9-12)20-17(24)19-13/h3-4,9-11H,5-8H2,1-2H3,(H,18,22)(H2,19,20,24)/t10-/m1/s1. The molecule has 2 heterocycles. The third-order valence-electron chi connectivity index (χ3n) is 4.77. The molecular formula is C17H22N4O4. The molecule has 1 aliphatic rings. The van der Waals surface area contributed by atoms with E-state index in [1.807, 2.05) is 6.92 Å². The number of nitrogens with one attached hydrogen (secondary N) is 3. The topological polar surface area (TPSA) is 107 Å². The number of hydrogen-bond donors (Lipinski definition) is 3. The number of aromatic amines is 2. The first-order valence-electron chi connectivity index (χ1n) is 8.32. The number of rotatable bonds is 4. The van der Waals surface area contributed by atoms with Crippen LogP contribution in [0.2, 0.25) is 0 Å². The Morgan fingerprint density at radius 2 is 1.92 bits per heavy atom. The maximum atomic E-state index is 12.5.